The summed E-state index contributed by atoms with van der Waals surface area (Å²) >= 11 is 0. The zero-order chi connectivity index (χ0) is 31.7. The maximum atomic E-state index is 6.67. The monoisotopic (exact) mass is 629 g/mol. The van der Waals surface area contributed by atoms with Crippen molar-refractivity contribution in [2.45, 2.75) is 219 Å². The molecule has 0 aliphatic heterocycles. The van der Waals surface area contributed by atoms with Gasteiger partial charge in [0.2, 0.25) is 0 Å². The van der Waals surface area contributed by atoms with Gasteiger partial charge in [-0.25, -0.2) is 0 Å². The van der Waals surface area contributed by atoms with E-state index in [1.54, 1.807) is 0 Å². The Morgan fingerprint density at radius 2 is 0.844 bits per heavy atom. The minimum atomic E-state index is 0.521. The Labute approximate surface area is 282 Å². The summed E-state index contributed by atoms with van der Waals surface area (Å²) in [7, 11) is 0. The highest BCUT2D eigenvalue weighted by atomic mass is 16.5. The number of rotatable bonds is 20. The number of ether oxygens (including phenoxy) is 1. The Morgan fingerprint density at radius 1 is 0.489 bits per heavy atom. The molecule has 4 fully saturated rings. The van der Waals surface area contributed by atoms with Crippen molar-refractivity contribution in [3.63, 3.8) is 0 Å². The van der Waals surface area contributed by atoms with E-state index < -0.39 is 0 Å². The van der Waals surface area contributed by atoms with E-state index in [1.807, 2.05) is 0 Å². The van der Waals surface area contributed by atoms with Crippen LogP contribution in [0.5, 0.6) is 0 Å². The van der Waals surface area contributed by atoms with Crippen LogP contribution < -0.4 is 10.6 Å². The van der Waals surface area contributed by atoms with E-state index in [2.05, 4.69) is 38.3 Å². The van der Waals surface area contributed by atoms with Gasteiger partial charge in [-0.3, -0.25) is 0 Å². The average Bonchev–Trinajstić information content (AvgIpc) is 3.05. The molecule has 0 aromatic carbocycles. The van der Waals surface area contributed by atoms with Crippen LogP contribution in [0.2, 0.25) is 0 Å². The van der Waals surface area contributed by atoms with Gasteiger partial charge in [0, 0.05) is 12.1 Å². The molecule has 0 bridgehead atoms. The van der Waals surface area contributed by atoms with Crippen molar-refractivity contribution in [3.05, 3.63) is 0 Å². The Morgan fingerprint density at radius 3 is 1.20 bits per heavy atom. The zero-order valence-corrected chi connectivity index (χ0v) is 31.0. The Kier molecular flexibility index (Phi) is 18.2. The summed E-state index contributed by atoms with van der Waals surface area (Å²) in [5, 5.41) is 7.85. The summed E-state index contributed by atoms with van der Waals surface area (Å²) in [6.07, 6.45) is 37.7. The van der Waals surface area contributed by atoms with Crippen molar-refractivity contribution >= 4 is 0 Å². The second-order valence-electron chi connectivity index (χ2n) is 17.3. The molecule has 0 aromatic heterocycles. The van der Waals surface area contributed by atoms with Crippen molar-refractivity contribution in [2.75, 3.05) is 13.1 Å². The Bertz CT molecular complexity index is 650. The molecule has 2 atom stereocenters. The largest absolute Gasteiger partial charge is 0.375 e. The summed E-state index contributed by atoms with van der Waals surface area (Å²) in [4.78, 5) is 0. The maximum absolute atomic E-state index is 6.67. The third kappa shape index (κ3) is 14.9. The van der Waals surface area contributed by atoms with Crippen molar-refractivity contribution < 1.29 is 4.74 Å². The van der Waals surface area contributed by atoms with Crippen LogP contribution in [-0.2, 0) is 4.74 Å². The normalized spacial score (nSPS) is 34.4. The molecule has 45 heavy (non-hydrogen) atoms. The van der Waals surface area contributed by atoms with E-state index in [0.29, 0.717) is 12.2 Å². The van der Waals surface area contributed by atoms with E-state index in [9.17, 15) is 0 Å². The molecule has 4 rings (SSSR count). The molecule has 264 valence electrons. The molecule has 4 aliphatic rings. The SMILES string of the molecule is CCCC1CCC(CC(C)CCCNC2CCC(OC3CCC(NCCCC(C)CC4CCC(CCC)CC4)CC3)CC2)CC1. The molecule has 3 nitrogen and oxygen atoms in total. The second kappa shape index (κ2) is 21.8. The fraction of sp³-hybridized carbons (Fsp3) is 1.00. The highest BCUT2D eigenvalue weighted by Gasteiger charge is 2.28. The standard InChI is InChI=1S/C42H80N2O/c1-5-9-35-13-17-37(18-14-35)31-33(3)11-7-29-43-39-21-25-41(26-22-39)45-42-27-23-40(24-28-42)44-30-8-12-34(4)32-38-19-15-36(10-6-2)16-20-38/h33-44H,5-32H2,1-4H3. The molecule has 0 saturated heterocycles. The molecule has 0 aromatic rings. The molecule has 3 heteroatoms. The second-order valence-corrected chi connectivity index (χ2v) is 17.3. The fourth-order valence-electron chi connectivity index (χ4n) is 10.3. The highest BCUT2D eigenvalue weighted by Crippen LogP contribution is 2.37. The van der Waals surface area contributed by atoms with Crippen LogP contribution in [0.3, 0.4) is 0 Å². The molecule has 4 aliphatic carbocycles. The van der Waals surface area contributed by atoms with Crippen LogP contribution in [0.15, 0.2) is 0 Å². The van der Waals surface area contributed by atoms with Crippen molar-refractivity contribution in [1.82, 2.24) is 10.6 Å². The van der Waals surface area contributed by atoms with Gasteiger partial charge in [-0.2, -0.15) is 0 Å². The Balaban J connectivity index is 0.943. The van der Waals surface area contributed by atoms with Gasteiger partial charge >= 0.3 is 0 Å². The fourth-order valence-corrected chi connectivity index (χ4v) is 10.3. The van der Waals surface area contributed by atoms with E-state index in [-0.39, 0.29) is 0 Å². The van der Waals surface area contributed by atoms with Crippen LogP contribution in [0.25, 0.3) is 0 Å². The summed E-state index contributed by atoms with van der Waals surface area (Å²) in [6.45, 7) is 12.2. The first-order valence-corrected chi connectivity index (χ1v) is 21.1. The average molecular weight is 629 g/mol. The van der Waals surface area contributed by atoms with E-state index in [4.69, 9.17) is 4.74 Å². The lowest BCUT2D eigenvalue weighted by Crippen LogP contribution is -2.39. The predicted octanol–water partition coefficient (Wildman–Crippen LogP) is 11.6. The van der Waals surface area contributed by atoms with Crippen LogP contribution in [-0.4, -0.2) is 37.4 Å². The molecule has 2 N–H and O–H groups in total. The van der Waals surface area contributed by atoms with Crippen LogP contribution in [0.1, 0.15) is 195 Å². The molecule has 2 unspecified atom stereocenters. The van der Waals surface area contributed by atoms with E-state index in [1.165, 1.54) is 180 Å². The smallest absolute Gasteiger partial charge is 0.0580 e. The highest BCUT2D eigenvalue weighted by molar-refractivity contribution is 4.82. The Hall–Kier alpha value is -0.120. The lowest BCUT2D eigenvalue weighted by atomic mass is 9.76. The summed E-state index contributed by atoms with van der Waals surface area (Å²) in [5.41, 5.74) is 0. The molecule has 0 radical (unpaired) electrons. The minimum Gasteiger partial charge on any atom is -0.375 e. The van der Waals surface area contributed by atoms with Gasteiger partial charge in [0.15, 0.2) is 0 Å². The van der Waals surface area contributed by atoms with Gasteiger partial charge in [0.25, 0.3) is 0 Å². The first kappa shape index (κ1) is 37.7. The van der Waals surface area contributed by atoms with Crippen molar-refractivity contribution in [1.29, 1.82) is 0 Å². The third-order valence-corrected chi connectivity index (χ3v) is 13.1. The molecule has 0 amide bonds. The summed E-state index contributed by atoms with van der Waals surface area (Å²) in [6, 6.07) is 1.47. The van der Waals surface area contributed by atoms with Gasteiger partial charge in [-0.1, -0.05) is 105 Å². The summed E-state index contributed by atoms with van der Waals surface area (Å²) < 4.78 is 6.67. The van der Waals surface area contributed by atoms with E-state index >= 15 is 0 Å². The van der Waals surface area contributed by atoms with E-state index in [0.717, 1.165) is 47.6 Å². The van der Waals surface area contributed by atoms with Crippen molar-refractivity contribution in [2.24, 2.45) is 35.5 Å². The number of hydrogen-bond acceptors (Lipinski definition) is 3. The van der Waals surface area contributed by atoms with Gasteiger partial charge in [-0.05, 0) is 138 Å². The van der Waals surface area contributed by atoms with Crippen LogP contribution >= 0.6 is 0 Å². The lowest BCUT2D eigenvalue weighted by Gasteiger charge is -2.35. The van der Waals surface area contributed by atoms with Crippen LogP contribution in [0, 0.1) is 35.5 Å². The first-order chi connectivity index (χ1) is 22.0. The summed E-state index contributed by atoms with van der Waals surface area (Å²) in [5.74, 6) is 5.96. The number of nitrogens with one attached hydrogen (secondary N) is 2. The van der Waals surface area contributed by atoms with Gasteiger partial charge in [0.05, 0.1) is 12.2 Å². The quantitative estimate of drug-likeness (QED) is 0.132. The predicted molar refractivity (Wildman–Crippen MR) is 196 cm³/mol. The van der Waals surface area contributed by atoms with Gasteiger partial charge in [0.1, 0.15) is 0 Å². The lowest BCUT2D eigenvalue weighted by molar-refractivity contribution is -0.0512. The molecular weight excluding hydrogens is 548 g/mol. The zero-order valence-electron chi connectivity index (χ0n) is 31.0. The van der Waals surface area contributed by atoms with Crippen LogP contribution in [0.4, 0.5) is 0 Å². The third-order valence-electron chi connectivity index (χ3n) is 13.1. The number of hydrogen-bond donors (Lipinski definition) is 2. The minimum absolute atomic E-state index is 0.521. The molecular formula is C42H80N2O. The maximum Gasteiger partial charge on any atom is 0.0580 e. The first-order valence-electron chi connectivity index (χ1n) is 21.1. The van der Waals surface area contributed by atoms with Gasteiger partial charge in [-0.15, -0.1) is 0 Å². The molecule has 4 saturated carbocycles. The molecule has 0 heterocycles. The topological polar surface area (TPSA) is 33.3 Å². The van der Waals surface area contributed by atoms with Crippen molar-refractivity contribution in [3.8, 4) is 0 Å². The van der Waals surface area contributed by atoms with Gasteiger partial charge < -0.3 is 15.4 Å². The molecule has 0 spiro atoms.